The van der Waals surface area contributed by atoms with Crippen LogP contribution in [0.25, 0.3) is 27.5 Å². The summed E-state index contributed by atoms with van der Waals surface area (Å²) in [6, 6.07) is 10.1. The van der Waals surface area contributed by atoms with Crippen molar-refractivity contribution in [2.75, 3.05) is 5.73 Å². The minimum Gasteiger partial charge on any atom is -0.398 e. The Morgan fingerprint density at radius 3 is 2.86 bits per heavy atom. The largest absolute Gasteiger partial charge is 0.398 e. The number of rotatable bonds is 1. The molecule has 4 aromatic rings. The van der Waals surface area contributed by atoms with Gasteiger partial charge in [-0.25, -0.2) is 4.98 Å². The monoisotopic (exact) mass is 386 g/mol. The number of nitrogens with zero attached hydrogens (tertiary/aromatic N) is 3. The second-order valence-electron chi connectivity index (χ2n) is 4.84. The van der Waals surface area contributed by atoms with E-state index < -0.39 is 0 Å². The lowest BCUT2D eigenvalue weighted by Gasteiger charge is -2.08. The van der Waals surface area contributed by atoms with E-state index in [0.717, 1.165) is 36.8 Å². The molecule has 0 aliphatic carbocycles. The first-order valence-electron chi connectivity index (χ1n) is 6.49. The summed E-state index contributed by atoms with van der Waals surface area (Å²) in [5.74, 6) is 0.869. The number of nitrogens with two attached hydrogens (primary N) is 1. The van der Waals surface area contributed by atoms with Crippen LogP contribution in [0.15, 0.2) is 55.1 Å². The molecule has 0 amide bonds. The van der Waals surface area contributed by atoms with Crippen molar-refractivity contribution in [2.24, 2.45) is 0 Å². The highest BCUT2D eigenvalue weighted by Crippen LogP contribution is 2.28. The van der Waals surface area contributed by atoms with Crippen molar-refractivity contribution in [1.29, 1.82) is 0 Å². The number of hydrogen-bond donors (Lipinski definition) is 1. The number of nitrogen functional groups attached to an aromatic ring is 1. The number of aromatic nitrogens is 3. The SMILES string of the molecule is Nc1ccc(I)c2cc(-n3ccc4ccncc43)ncc12. The predicted octanol–water partition coefficient (Wildman–Crippen LogP) is 3.76. The third kappa shape index (κ3) is 1.96. The Kier molecular flexibility index (Phi) is 2.81. The molecule has 0 fully saturated rings. The fraction of sp³-hybridized carbons (Fsp3) is 0. The summed E-state index contributed by atoms with van der Waals surface area (Å²) in [7, 11) is 0. The Balaban J connectivity index is 2.01. The van der Waals surface area contributed by atoms with Crippen molar-refractivity contribution >= 4 is 50.0 Å². The smallest absolute Gasteiger partial charge is 0.137 e. The van der Waals surface area contributed by atoms with Gasteiger partial charge < -0.3 is 5.73 Å². The van der Waals surface area contributed by atoms with Crippen molar-refractivity contribution < 1.29 is 0 Å². The molecule has 3 heterocycles. The molecule has 4 nitrogen and oxygen atoms in total. The van der Waals surface area contributed by atoms with Gasteiger partial charge in [0.2, 0.25) is 0 Å². The second kappa shape index (κ2) is 4.70. The molecule has 0 aliphatic rings. The van der Waals surface area contributed by atoms with Gasteiger partial charge in [-0.05, 0) is 52.9 Å². The highest BCUT2D eigenvalue weighted by molar-refractivity contribution is 14.1. The molecule has 1 aromatic carbocycles. The Bertz CT molecular complexity index is 975. The van der Waals surface area contributed by atoms with E-state index in [1.165, 1.54) is 0 Å². The summed E-state index contributed by atoms with van der Waals surface area (Å²) in [5.41, 5.74) is 7.82. The first kappa shape index (κ1) is 12.6. The Labute approximate surface area is 134 Å². The molecule has 0 radical (unpaired) electrons. The van der Waals surface area contributed by atoms with Gasteiger partial charge in [-0.2, -0.15) is 0 Å². The number of benzene rings is 1. The fourth-order valence-corrected chi connectivity index (χ4v) is 3.15. The summed E-state index contributed by atoms with van der Waals surface area (Å²) >= 11 is 2.32. The Morgan fingerprint density at radius 2 is 1.95 bits per heavy atom. The average molecular weight is 386 g/mol. The number of halogens is 1. The molecular formula is C16H11IN4. The fourth-order valence-electron chi connectivity index (χ4n) is 2.52. The highest BCUT2D eigenvalue weighted by atomic mass is 127. The molecular weight excluding hydrogens is 375 g/mol. The molecule has 0 saturated heterocycles. The van der Waals surface area contributed by atoms with Gasteiger partial charge in [0.15, 0.2) is 0 Å². The van der Waals surface area contributed by atoms with Crippen molar-refractivity contribution in [1.82, 2.24) is 14.5 Å². The molecule has 5 heteroatoms. The van der Waals surface area contributed by atoms with Crippen LogP contribution in [0.3, 0.4) is 0 Å². The minimum atomic E-state index is 0.753. The van der Waals surface area contributed by atoms with Gasteiger partial charge in [-0.3, -0.25) is 9.55 Å². The zero-order chi connectivity index (χ0) is 14.4. The quantitative estimate of drug-likeness (QED) is 0.400. The predicted molar refractivity (Wildman–Crippen MR) is 93.5 cm³/mol. The molecule has 0 aliphatic heterocycles. The molecule has 0 saturated carbocycles. The van der Waals surface area contributed by atoms with Gasteiger partial charge >= 0.3 is 0 Å². The average Bonchev–Trinajstić information content (AvgIpc) is 2.95. The highest BCUT2D eigenvalue weighted by Gasteiger charge is 2.08. The molecule has 0 spiro atoms. The van der Waals surface area contributed by atoms with Crippen molar-refractivity contribution in [3.05, 3.63) is 58.7 Å². The molecule has 4 rings (SSSR count). The first-order valence-corrected chi connectivity index (χ1v) is 7.57. The van der Waals surface area contributed by atoms with Gasteiger partial charge in [-0.1, -0.05) is 0 Å². The maximum absolute atomic E-state index is 6.02. The number of pyridine rings is 2. The number of anilines is 1. The van der Waals surface area contributed by atoms with Gasteiger partial charge in [-0.15, -0.1) is 0 Å². The lowest BCUT2D eigenvalue weighted by Crippen LogP contribution is -1.97. The summed E-state index contributed by atoms with van der Waals surface area (Å²) in [6.07, 6.45) is 7.50. The van der Waals surface area contributed by atoms with Gasteiger partial charge in [0.25, 0.3) is 0 Å². The maximum atomic E-state index is 6.02. The molecule has 0 bridgehead atoms. The van der Waals surface area contributed by atoms with Crippen LogP contribution in [-0.2, 0) is 0 Å². The van der Waals surface area contributed by atoms with Crippen LogP contribution in [0.1, 0.15) is 0 Å². The molecule has 0 atom stereocenters. The summed E-state index contributed by atoms with van der Waals surface area (Å²) in [6.45, 7) is 0. The second-order valence-corrected chi connectivity index (χ2v) is 6.01. The zero-order valence-electron chi connectivity index (χ0n) is 11.0. The van der Waals surface area contributed by atoms with Crippen LogP contribution in [0.5, 0.6) is 0 Å². The van der Waals surface area contributed by atoms with E-state index in [9.17, 15) is 0 Å². The third-order valence-corrected chi connectivity index (χ3v) is 4.55. The summed E-state index contributed by atoms with van der Waals surface area (Å²) in [5, 5.41) is 3.25. The van der Waals surface area contributed by atoms with E-state index in [2.05, 4.69) is 44.7 Å². The van der Waals surface area contributed by atoms with E-state index in [4.69, 9.17) is 5.73 Å². The van der Waals surface area contributed by atoms with Crippen LogP contribution in [-0.4, -0.2) is 14.5 Å². The number of hydrogen-bond acceptors (Lipinski definition) is 3. The van der Waals surface area contributed by atoms with Crippen molar-refractivity contribution in [3.8, 4) is 5.82 Å². The number of fused-ring (bicyclic) bond motifs is 2. The molecule has 2 N–H and O–H groups in total. The zero-order valence-corrected chi connectivity index (χ0v) is 13.2. The van der Waals surface area contributed by atoms with Crippen molar-refractivity contribution in [3.63, 3.8) is 0 Å². The first-order chi connectivity index (χ1) is 10.2. The van der Waals surface area contributed by atoms with Crippen molar-refractivity contribution in [2.45, 2.75) is 0 Å². The summed E-state index contributed by atoms with van der Waals surface area (Å²) in [4.78, 5) is 8.75. The van der Waals surface area contributed by atoms with Gasteiger partial charge in [0.05, 0.1) is 11.7 Å². The Hall–Kier alpha value is -2.15. The van der Waals surface area contributed by atoms with E-state index in [1.54, 1.807) is 6.20 Å². The van der Waals surface area contributed by atoms with Crippen LogP contribution in [0.2, 0.25) is 0 Å². The van der Waals surface area contributed by atoms with Crippen LogP contribution >= 0.6 is 22.6 Å². The topological polar surface area (TPSA) is 56.7 Å². The van der Waals surface area contributed by atoms with E-state index >= 15 is 0 Å². The molecule has 102 valence electrons. The molecule has 21 heavy (non-hydrogen) atoms. The van der Waals surface area contributed by atoms with E-state index in [-0.39, 0.29) is 0 Å². The van der Waals surface area contributed by atoms with Crippen LogP contribution in [0.4, 0.5) is 5.69 Å². The lowest BCUT2D eigenvalue weighted by atomic mass is 10.1. The summed E-state index contributed by atoms with van der Waals surface area (Å²) < 4.78 is 3.20. The van der Waals surface area contributed by atoms with Gasteiger partial charge in [0, 0.05) is 44.0 Å². The minimum absolute atomic E-state index is 0.753. The standard InChI is InChI=1S/C16H11IN4/c17-13-1-2-14(18)12-8-20-16(7-11(12)13)21-6-4-10-3-5-19-9-15(10)21/h1-9H,18H2. The van der Waals surface area contributed by atoms with Crippen LogP contribution < -0.4 is 5.73 Å². The van der Waals surface area contributed by atoms with Gasteiger partial charge in [0.1, 0.15) is 5.82 Å². The molecule has 3 aromatic heterocycles. The third-order valence-electron chi connectivity index (χ3n) is 3.61. The lowest BCUT2D eigenvalue weighted by molar-refractivity contribution is 1.05. The van der Waals surface area contributed by atoms with E-state index in [0.29, 0.717) is 0 Å². The van der Waals surface area contributed by atoms with E-state index in [1.807, 2.05) is 41.4 Å². The molecule has 0 unspecified atom stereocenters. The maximum Gasteiger partial charge on any atom is 0.137 e. The van der Waals surface area contributed by atoms with Crippen LogP contribution in [0, 0.1) is 3.57 Å². The normalized spacial score (nSPS) is 11.3. The Morgan fingerprint density at radius 1 is 1.05 bits per heavy atom.